The van der Waals surface area contributed by atoms with E-state index in [0.29, 0.717) is 40.1 Å². The van der Waals surface area contributed by atoms with E-state index in [-0.39, 0.29) is 18.1 Å². The second kappa shape index (κ2) is 10.3. The minimum Gasteiger partial charge on any atom is -0.495 e. The Kier molecular flexibility index (Phi) is 7.53. The average molecular weight is 532 g/mol. The van der Waals surface area contributed by atoms with E-state index in [1.165, 1.54) is 0 Å². The van der Waals surface area contributed by atoms with Crippen LogP contribution in [0.5, 0.6) is 11.5 Å². The molecule has 9 heteroatoms. The van der Waals surface area contributed by atoms with E-state index in [0.717, 1.165) is 28.7 Å². The molecule has 1 amide bonds. The number of hydrogen-bond donors (Lipinski definition) is 0. The number of halogens is 2. The highest BCUT2D eigenvalue weighted by Gasteiger charge is 2.35. The van der Waals surface area contributed by atoms with E-state index < -0.39 is 5.60 Å². The molecule has 2 aromatic carbocycles. The van der Waals surface area contributed by atoms with E-state index in [1.807, 2.05) is 45.2 Å². The first kappa shape index (κ1) is 26.3. The minimum absolute atomic E-state index is 0.113. The number of carbonyl (C=O) groups is 1. The van der Waals surface area contributed by atoms with Crippen LogP contribution < -0.4 is 9.47 Å². The number of aromatic nitrogens is 2. The predicted octanol–water partition coefficient (Wildman–Crippen LogP) is 6.81. The van der Waals surface area contributed by atoms with Gasteiger partial charge in [-0.25, -0.2) is 14.8 Å². The van der Waals surface area contributed by atoms with Gasteiger partial charge in [0.05, 0.1) is 29.8 Å². The van der Waals surface area contributed by atoms with Crippen molar-refractivity contribution in [3.8, 4) is 22.6 Å². The molecule has 1 saturated heterocycles. The quantitative estimate of drug-likeness (QED) is 0.360. The molecule has 2 heterocycles. The summed E-state index contributed by atoms with van der Waals surface area (Å²) in [5.41, 5.74) is 1.74. The van der Waals surface area contributed by atoms with Gasteiger partial charge in [0.2, 0.25) is 0 Å². The first-order valence-electron chi connectivity index (χ1n) is 11.9. The summed E-state index contributed by atoms with van der Waals surface area (Å²) < 4.78 is 16.4. The number of amides is 1. The predicted molar refractivity (Wildman–Crippen MR) is 142 cm³/mol. The summed E-state index contributed by atoms with van der Waals surface area (Å²) in [6.07, 6.45) is 3.11. The second-order valence-electron chi connectivity index (χ2n) is 10.1. The molecular weight excluding hydrogens is 501 g/mol. The van der Waals surface area contributed by atoms with Crippen LogP contribution in [-0.4, -0.2) is 53.4 Å². The van der Waals surface area contributed by atoms with Crippen molar-refractivity contribution in [1.29, 1.82) is 0 Å². The zero-order valence-corrected chi connectivity index (χ0v) is 22.9. The van der Waals surface area contributed by atoms with Gasteiger partial charge in [-0.1, -0.05) is 29.3 Å². The smallest absolute Gasteiger partial charge is 0.410 e. The highest BCUT2D eigenvalue weighted by Crippen LogP contribution is 2.46. The Labute approximate surface area is 221 Å². The van der Waals surface area contributed by atoms with Crippen molar-refractivity contribution in [2.75, 3.05) is 20.8 Å². The van der Waals surface area contributed by atoms with Crippen molar-refractivity contribution < 1.29 is 19.0 Å². The molecule has 4 rings (SSSR count). The largest absolute Gasteiger partial charge is 0.495 e. The number of nitrogens with zero attached hydrogens (tertiary/aromatic N) is 3. The maximum atomic E-state index is 12.6. The zero-order chi connectivity index (χ0) is 26.2. The lowest BCUT2D eigenvalue weighted by Crippen LogP contribution is -2.38. The van der Waals surface area contributed by atoms with Crippen molar-refractivity contribution >= 4 is 40.2 Å². The maximum absolute atomic E-state index is 12.6. The Morgan fingerprint density at radius 1 is 1.11 bits per heavy atom. The first-order chi connectivity index (χ1) is 17.0. The normalized spacial score (nSPS) is 17.9. The number of hydrogen-bond acceptors (Lipinski definition) is 6. The fraction of sp³-hybridized carbons (Fsp3) is 0.444. The summed E-state index contributed by atoms with van der Waals surface area (Å²) in [6.45, 7) is 8.32. The fourth-order valence-electron chi connectivity index (χ4n) is 4.59. The first-order valence-corrected chi connectivity index (χ1v) is 12.6. The lowest BCUT2D eigenvalue weighted by atomic mass is 10.0. The molecule has 1 fully saturated rings. The van der Waals surface area contributed by atoms with Gasteiger partial charge in [-0.05, 0) is 57.7 Å². The van der Waals surface area contributed by atoms with Crippen LogP contribution in [-0.2, 0) is 11.2 Å². The van der Waals surface area contributed by atoms with Crippen LogP contribution in [0.2, 0.25) is 10.0 Å². The Morgan fingerprint density at radius 2 is 1.78 bits per heavy atom. The van der Waals surface area contributed by atoms with Crippen molar-refractivity contribution in [2.24, 2.45) is 5.92 Å². The van der Waals surface area contributed by atoms with E-state index in [9.17, 15) is 4.79 Å². The molecule has 1 aliphatic heterocycles. The van der Waals surface area contributed by atoms with Crippen LogP contribution in [0.3, 0.4) is 0 Å². The van der Waals surface area contributed by atoms with Crippen molar-refractivity contribution in [2.45, 2.75) is 52.2 Å². The van der Waals surface area contributed by atoms with Crippen LogP contribution in [0, 0.1) is 5.92 Å². The van der Waals surface area contributed by atoms with Gasteiger partial charge in [-0.2, -0.15) is 0 Å². The van der Waals surface area contributed by atoms with Crippen molar-refractivity contribution in [3.05, 3.63) is 46.3 Å². The topological polar surface area (TPSA) is 73.8 Å². The summed E-state index contributed by atoms with van der Waals surface area (Å²) in [4.78, 5) is 23.8. The molecule has 0 bridgehead atoms. The van der Waals surface area contributed by atoms with E-state index in [1.54, 1.807) is 25.2 Å². The summed E-state index contributed by atoms with van der Waals surface area (Å²) in [6, 6.07) is 7.58. The van der Waals surface area contributed by atoms with Gasteiger partial charge in [-0.15, -0.1) is 0 Å². The van der Waals surface area contributed by atoms with Crippen LogP contribution in [0.15, 0.2) is 30.5 Å². The van der Waals surface area contributed by atoms with Gasteiger partial charge in [-0.3, -0.25) is 0 Å². The molecule has 2 atom stereocenters. The van der Waals surface area contributed by atoms with Crippen LogP contribution in [0.1, 0.15) is 39.9 Å². The van der Waals surface area contributed by atoms with Crippen molar-refractivity contribution in [1.82, 2.24) is 14.9 Å². The van der Waals surface area contributed by atoms with Crippen LogP contribution in [0.4, 0.5) is 4.79 Å². The second-order valence-corrected chi connectivity index (χ2v) is 10.9. The molecular formula is C27H31Cl2N3O4. The fourth-order valence-corrected chi connectivity index (χ4v) is 5.31. The van der Waals surface area contributed by atoms with Gasteiger partial charge in [0, 0.05) is 42.2 Å². The minimum atomic E-state index is -0.514. The average Bonchev–Trinajstić information content (AvgIpc) is 3.18. The van der Waals surface area contributed by atoms with Gasteiger partial charge in [0.1, 0.15) is 22.9 Å². The van der Waals surface area contributed by atoms with E-state index in [4.69, 9.17) is 42.4 Å². The third-order valence-corrected chi connectivity index (χ3v) is 7.00. The summed E-state index contributed by atoms with van der Waals surface area (Å²) >= 11 is 13.2. The number of rotatable bonds is 5. The SMILES string of the molecule is COc1cc(OC)c(Cl)c(-c2ccc3nc(C[C@H]4C[C@@H](C)N(C(=O)OC(C)(C)C)C4)ncc3c2)c1Cl. The van der Waals surface area contributed by atoms with Gasteiger partial charge in [0.25, 0.3) is 0 Å². The standard InChI is InChI=1S/C27H31Cl2N3O4/c1-15-9-16(14-32(15)26(33)36-27(2,3)4)10-22-30-13-18-11-17(7-8-19(18)31-22)23-24(28)20(34-5)12-21(35-6)25(23)29/h7-8,11-13,15-16H,9-10,14H2,1-6H3/t15-,16-/m1/s1. The third kappa shape index (κ3) is 5.47. The molecule has 0 radical (unpaired) electrons. The number of carbonyl (C=O) groups excluding carboxylic acids is 1. The van der Waals surface area contributed by atoms with Gasteiger partial charge >= 0.3 is 6.09 Å². The van der Waals surface area contributed by atoms with Gasteiger partial charge in [0.15, 0.2) is 0 Å². The molecule has 0 aliphatic carbocycles. The summed E-state index contributed by atoms with van der Waals surface area (Å²) in [5.74, 6) is 1.97. The number of likely N-dealkylation sites (tertiary alicyclic amines) is 1. The molecule has 192 valence electrons. The zero-order valence-electron chi connectivity index (χ0n) is 21.4. The molecule has 0 saturated carbocycles. The van der Waals surface area contributed by atoms with Gasteiger partial charge < -0.3 is 19.1 Å². The van der Waals surface area contributed by atoms with Crippen LogP contribution in [0.25, 0.3) is 22.0 Å². The molecule has 1 aliphatic rings. The molecule has 3 aromatic rings. The van der Waals surface area contributed by atoms with Crippen LogP contribution >= 0.6 is 23.2 Å². The lowest BCUT2D eigenvalue weighted by Gasteiger charge is -2.27. The molecule has 0 spiro atoms. The Bertz CT molecular complexity index is 1260. The Balaban J connectivity index is 1.55. The third-order valence-electron chi connectivity index (χ3n) is 6.25. The lowest BCUT2D eigenvalue weighted by molar-refractivity contribution is 0.0233. The number of benzene rings is 2. The Morgan fingerprint density at radius 3 is 2.39 bits per heavy atom. The molecule has 36 heavy (non-hydrogen) atoms. The maximum Gasteiger partial charge on any atom is 0.410 e. The van der Waals surface area contributed by atoms with Crippen molar-refractivity contribution in [3.63, 3.8) is 0 Å². The summed E-state index contributed by atoms with van der Waals surface area (Å²) in [7, 11) is 3.10. The number of ether oxygens (including phenoxy) is 3. The van der Waals surface area contributed by atoms with E-state index >= 15 is 0 Å². The highest BCUT2D eigenvalue weighted by atomic mass is 35.5. The molecule has 0 N–H and O–H groups in total. The monoisotopic (exact) mass is 531 g/mol. The molecule has 7 nitrogen and oxygen atoms in total. The van der Waals surface area contributed by atoms with E-state index in [2.05, 4.69) is 11.9 Å². The number of fused-ring (bicyclic) bond motifs is 1. The summed E-state index contributed by atoms with van der Waals surface area (Å²) in [5, 5.41) is 1.68. The Hall–Kier alpha value is -2.77. The molecule has 1 aromatic heterocycles. The number of methoxy groups -OCH3 is 2. The molecule has 0 unspecified atom stereocenters. The highest BCUT2D eigenvalue weighted by molar-refractivity contribution is 6.41.